The zero-order chi connectivity index (χ0) is 12.5. The summed E-state index contributed by atoms with van der Waals surface area (Å²) in [5.74, 6) is 2.51. The summed E-state index contributed by atoms with van der Waals surface area (Å²) in [5, 5.41) is 7.01. The molecule has 5 heteroatoms. The lowest BCUT2D eigenvalue weighted by Crippen LogP contribution is -2.02. The fourth-order valence-electron chi connectivity index (χ4n) is 2.73. The Morgan fingerprint density at radius 2 is 2.17 bits per heavy atom. The first-order chi connectivity index (χ1) is 8.72. The summed E-state index contributed by atoms with van der Waals surface area (Å²) in [7, 11) is 0. The van der Waals surface area contributed by atoms with Crippen molar-refractivity contribution in [3.05, 3.63) is 35.5 Å². The molecule has 0 radical (unpaired) electrons. The van der Waals surface area contributed by atoms with Crippen LogP contribution in [0.25, 0.3) is 0 Å². The fraction of sp³-hybridized carbons (Fsp3) is 0.462. The molecule has 2 heterocycles. The number of aromatic amines is 1. The minimum Gasteiger partial charge on any atom is -0.382 e. The minimum absolute atomic E-state index is 0.458. The zero-order valence-corrected chi connectivity index (χ0v) is 10.4. The van der Waals surface area contributed by atoms with E-state index in [0.29, 0.717) is 17.7 Å². The van der Waals surface area contributed by atoms with Crippen molar-refractivity contribution in [2.24, 2.45) is 0 Å². The lowest BCUT2D eigenvalue weighted by atomic mass is 10.0. The van der Waals surface area contributed by atoms with E-state index in [4.69, 9.17) is 5.73 Å². The van der Waals surface area contributed by atoms with Crippen molar-refractivity contribution < 1.29 is 0 Å². The lowest BCUT2D eigenvalue weighted by Gasteiger charge is -2.09. The molecule has 3 N–H and O–H groups in total. The van der Waals surface area contributed by atoms with E-state index in [-0.39, 0.29) is 0 Å². The number of nitrogens with two attached hydrogens (primary N) is 1. The molecule has 1 saturated carbocycles. The van der Waals surface area contributed by atoms with Gasteiger partial charge < -0.3 is 5.73 Å². The van der Waals surface area contributed by atoms with Crippen molar-refractivity contribution in [2.75, 3.05) is 5.73 Å². The van der Waals surface area contributed by atoms with Gasteiger partial charge in [-0.25, -0.2) is 9.97 Å². The van der Waals surface area contributed by atoms with Crippen LogP contribution >= 0.6 is 0 Å². The van der Waals surface area contributed by atoms with Crippen molar-refractivity contribution in [1.82, 2.24) is 20.2 Å². The van der Waals surface area contributed by atoms with Crippen molar-refractivity contribution in [2.45, 2.75) is 38.0 Å². The average Bonchev–Trinajstić information content (AvgIpc) is 2.97. The SMILES string of the molecule is Cc1ccnc(C2CCC(c3cc(N)n[nH]3)C2)n1. The van der Waals surface area contributed by atoms with Gasteiger partial charge in [-0.05, 0) is 32.3 Å². The molecule has 0 aliphatic heterocycles. The van der Waals surface area contributed by atoms with Crippen LogP contribution in [-0.4, -0.2) is 20.2 Å². The Morgan fingerprint density at radius 3 is 2.89 bits per heavy atom. The summed E-state index contributed by atoms with van der Waals surface area (Å²) >= 11 is 0. The highest BCUT2D eigenvalue weighted by Gasteiger charge is 2.29. The summed E-state index contributed by atoms with van der Waals surface area (Å²) in [4.78, 5) is 8.92. The number of aryl methyl sites for hydroxylation is 1. The van der Waals surface area contributed by atoms with Crippen molar-refractivity contribution in [3.8, 4) is 0 Å². The molecule has 3 rings (SSSR count). The van der Waals surface area contributed by atoms with Gasteiger partial charge in [-0.3, -0.25) is 5.10 Å². The zero-order valence-electron chi connectivity index (χ0n) is 10.4. The van der Waals surface area contributed by atoms with Gasteiger partial charge in [-0.15, -0.1) is 0 Å². The molecule has 1 fully saturated rings. The van der Waals surface area contributed by atoms with Gasteiger partial charge in [0.05, 0.1) is 0 Å². The maximum Gasteiger partial charge on any atom is 0.145 e. The van der Waals surface area contributed by atoms with Crippen LogP contribution < -0.4 is 5.73 Å². The van der Waals surface area contributed by atoms with E-state index in [1.807, 2.05) is 25.3 Å². The largest absolute Gasteiger partial charge is 0.382 e. The van der Waals surface area contributed by atoms with E-state index in [1.54, 1.807) is 0 Å². The molecule has 2 atom stereocenters. The number of H-pyrrole nitrogens is 1. The summed E-state index contributed by atoms with van der Waals surface area (Å²) in [6.07, 6.45) is 5.20. The second-order valence-electron chi connectivity index (χ2n) is 5.01. The molecular weight excluding hydrogens is 226 g/mol. The molecule has 5 nitrogen and oxygen atoms in total. The Bertz CT molecular complexity index is 548. The second kappa shape index (κ2) is 4.40. The Morgan fingerprint density at radius 1 is 1.33 bits per heavy atom. The van der Waals surface area contributed by atoms with Crippen LogP contribution in [0, 0.1) is 6.92 Å². The molecule has 1 aliphatic rings. The number of rotatable bonds is 2. The monoisotopic (exact) mass is 243 g/mol. The quantitative estimate of drug-likeness (QED) is 0.846. The van der Waals surface area contributed by atoms with Crippen molar-refractivity contribution in [1.29, 1.82) is 0 Å². The van der Waals surface area contributed by atoms with Crippen LogP contribution in [0.5, 0.6) is 0 Å². The summed E-state index contributed by atoms with van der Waals surface area (Å²) < 4.78 is 0. The maximum absolute atomic E-state index is 5.64. The van der Waals surface area contributed by atoms with E-state index >= 15 is 0 Å². The molecule has 94 valence electrons. The van der Waals surface area contributed by atoms with Gasteiger partial charge >= 0.3 is 0 Å². The van der Waals surface area contributed by atoms with Gasteiger partial charge in [-0.1, -0.05) is 0 Å². The predicted octanol–water partition coefficient (Wildman–Crippen LogP) is 2.14. The predicted molar refractivity (Wildman–Crippen MR) is 69.1 cm³/mol. The molecule has 2 unspecified atom stereocenters. The van der Waals surface area contributed by atoms with E-state index in [2.05, 4.69) is 20.2 Å². The van der Waals surface area contributed by atoms with Crippen LogP contribution in [-0.2, 0) is 0 Å². The lowest BCUT2D eigenvalue weighted by molar-refractivity contribution is 0.636. The highest BCUT2D eigenvalue weighted by atomic mass is 15.2. The smallest absolute Gasteiger partial charge is 0.145 e. The van der Waals surface area contributed by atoms with Crippen LogP contribution in [0.4, 0.5) is 5.82 Å². The first-order valence-corrected chi connectivity index (χ1v) is 6.32. The average molecular weight is 243 g/mol. The Labute approximate surface area is 106 Å². The van der Waals surface area contributed by atoms with Crippen LogP contribution in [0.2, 0.25) is 0 Å². The molecule has 2 aromatic rings. The summed E-state index contributed by atoms with van der Waals surface area (Å²) in [5.41, 5.74) is 7.82. The molecule has 0 spiro atoms. The number of nitrogens with zero attached hydrogens (tertiary/aromatic N) is 3. The maximum atomic E-state index is 5.64. The highest BCUT2D eigenvalue weighted by molar-refractivity contribution is 5.31. The number of aromatic nitrogens is 4. The summed E-state index contributed by atoms with van der Waals surface area (Å²) in [6.45, 7) is 2.01. The number of hydrogen-bond acceptors (Lipinski definition) is 4. The van der Waals surface area contributed by atoms with Gasteiger partial charge in [-0.2, -0.15) is 5.10 Å². The standard InChI is InChI=1S/C13H17N5/c1-8-4-5-15-13(16-8)10-3-2-9(6-10)11-7-12(14)18-17-11/h4-5,7,9-10H,2-3,6H2,1H3,(H3,14,17,18). The Balaban J connectivity index is 1.75. The van der Waals surface area contributed by atoms with E-state index in [9.17, 15) is 0 Å². The molecule has 0 bridgehead atoms. The van der Waals surface area contributed by atoms with Crippen LogP contribution in [0.15, 0.2) is 18.3 Å². The van der Waals surface area contributed by atoms with Crippen molar-refractivity contribution in [3.63, 3.8) is 0 Å². The van der Waals surface area contributed by atoms with Gasteiger partial charge in [0.15, 0.2) is 0 Å². The second-order valence-corrected chi connectivity index (χ2v) is 5.01. The fourth-order valence-corrected chi connectivity index (χ4v) is 2.73. The number of nitrogens with one attached hydrogen (secondary N) is 1. The summed E-state index contributed by atoms with van der Waals surface area (Å²) in [6, 6.07) is 3.87. The third-order valence-electron chi connectivity index (χ3n) is 3.67. The number of nitrogen functional groups attached to an aromatic ring is 1. The van der Waals surface area contributed by atoms with Gasteiger partial charge in [0, 0.05) is 35.5 Å². The third kappa shape index (κ3) is 2.08. The molecular formula is C13H17N5. The molecule has 2 aromatic heterocycles. The topological polar surface area (TPSA) is 80.5 Å². The number of anilines is 1. The van der Waals surface area contributed by atoms with E-state index in [1.165, 1.54) is 0 Å². The normalized spacial score (nSPS) is 23.4. The van der Waals surface area contributed by atoms with Crippen LogP contribution in [0.3, 0.4) is 0 Å². The van der Waals surface area contributed by atoms with Crippen molar-refractivity contribution >= 4 is 5.82 Å². The van der Waals surface area contributed by atoms with Crippen LogP contribution in [0.1, 0.15) is 48.3 Å². The van der Waals surface area contributed by atoms with Gasteiger partial charge in [0.1, 0.15) is 11.6 Å². The Hall–Kier alpha value is -1.91. The van der Waals surface area contributed by atoms with E-state index in [0.717, 1.165) is 36.5 Å². The molecule has 0 saturated heterocycles. The molecule has 1 aliphatic carbocycles. The first kappa shape index (κ1) is 11.2. The molecule has 0 aromatic carbocycles. The van der Waals surface area contributed by atoms with Gasteiger partial charge in [0.2, 0.25) is 0 Å². The number of hydrogen-bond donors (Lipinski definition) is 2. The first-order valence-electron chi connectivity index (χ1n) is 6.32. The minimum atomic E-state index is 0.458. The molecule has 0 amide bonds. The highest BCUT2D eigenvalue weighted by Crippen LogP contribution is 2.42. The van der Waals surface area contributed by atoms with Gasteiger partial charge in [0.25, 0.3) is 0 Å². The van der Waals surface area contributed by atoms with E-state index < -0.39 is 0 Å². The third-order valence-corrected chi connectivity index (χ3v) is 3.67. The Kier molecular flexibility index (Phi) is 2.74. The molecule has 18 heavy (non-hydrogen) atoms.